The number of likely N-dealkylation sites (tertiary alicyclic amines) is 1. The molecule has 1 aliphatic heterocycles. The minimum absolute atomic E-state index is 0.0539. The SMILES string of the molecule is Cc1csc(=O)n1CC(=O)N1CCC(NS(C)(=O)=O)CC1. The first kappa shape index (κ1) is 16.2. The summed E-state index contributed by atoms with van der Waals surface area (Å²) in [5, 5.41) is 1.73. The predicted molar refractivity (Wildman–Crippen MR) is 80.9 cm³/mol. The Labute approximate surface area is 127 Å². The minimum Gasteiger partial charge on any atom is -0.341 e. The second-order valence-corrected chi connectivity index (χ2v) is 7.87. The van der Waals surface area contributed by atoms with E-state index < -0.39 is 10.0 Å². The average molecular weight is 333 g/mol. The van der Waals surface area contributed by atoms with Crippen molar-refractivity contribution in [1.82, 2.24) is 14.2 Å². The molecule has 0 bridgehead atoms. The lowest BCUT2D eigenvalue weighted by Crippen LogP contribution is -2.47. The standard InChI is InChI=1S/C12H19N3O4S2/c1-9-8-20-12(17)15(9)7-11(16)14-5-3-10(4-6-14)13-21(2,18)19/h8,10,13H,3-7H2,1-2H3. The van der Waals surface area contributed by atoms with E-state index in [0.717, 1.165) is 23.3 Å². The Morgan fingerprint density at radius 3 is 2.52 bits per heavy atom. The Morgan fingerprint density at radius 2 is 2.05 bits per heavy atom. The molecule has 2 heterocycles. The molecule has 1 aromatic rings. The predicted octanol–water partition coefficient (Wildman–Crippen LogP) is -0.242. The van der Waals surface area contributed by atoms with Crippen LogP contribution in [0.5, 0.6) is 0 Å². The summed E-state index contributed by atoms with van der Waals surface area (Å²) in [5.41, 5.74) is 0.784. The van der Waals surface area contributed by atoms with Crippen LogP contribution >= 0.6 is 11.3 Å². The van der Waals surface area contributed by atoms with Gasteiger partial charge in [0.1, 0.15) is 6.54 Å². The number of rotatable bonds is 4. The highest BCUT2D eigenvalue weighted by Gasteiger charge is 2.25. The molecule has 0 spiro atoms. The van der Waals surface area contributed by atoms with E-state index in [-0.39, 0.29) is 23.4 Å². The van der Waals surface area contributed by atoms with E-state index in [1.807, 2.05) is 0 Å². The topological polar surface area (TPSA) is 88.5 Å². The van der Waals surface area contributed by atoms with E-state index in [9.17, 15) is 18.0 Å². The van der Waals surface area contributed by atoms with E-state index >= 15 is 0 Å². The van der Waals surface area contributed by atoms with Crippen molar-refractivity contribution in [3.05, 3.63) is 20.7 Å². The summed E-state index contributed by atoms with van der Waals surface area (Å²) in [6.07, 6.45) is 2.32. The van der Waals surface area contributed by atoms with Crippen molar-refractivity contribution in [3.63, 3.8) is 0 Å². The van der Waals surface area contributed by atoms with Crippen molar-refractivity contribution in [3.8, 4) is 0 Å². The Bertz CT molecular complexity index is 669. The van der Waals surface area contributed by atoms with Crippen LogP contribution in [-0.2, 0) is 21.4 Å². The third-order valence-corrected chi connectivity index (χ3v) is 5.14. The fourth-order valence-electron chi connectivity index (χ4n) is 2.38. The number of piperidine rings is 1. The second-order valence-electron chi connectivity index (χ2n) is 5.27. The van der Waals surface area contributed by atoms with Crippen LogP contribution in [0.4, 0.5) is 0 Å². The second kappa shape index (κ2) is 6.29. The van der Waals surface area contributed by atoms with Crippen LogP contribution in [0.2, 0.25) is 0 Å². The Balaban J connectivity index is 1.90. The maximum absolute atomic E-state index is 12.2. The molecule has 0 saturated carbocycles. The monoisotopic (exact) mass is 333 g/mol. The Kier molecular flexibility index (Phi) is 4.84. The zero-order valence-corrected chi connectivity index (χ0v) is 13.7. The first-order valence-corrected chi connectivity index (χ1v) is 9.43. The molecule has 9 heteroatoms. The van der Waals surface area contributed by atoms with E-state index in [1.54, 1.807) is 17.2 Å². The molecular weight excluding hydrogens is 314 g/mol. The van der Waals surface area contributed by atoms with Crippen molar-refractivity contribution in [2.24, 2.45) is 0 Å². The van der Waals surface area contributed by atoms with Crippen LogP contribution in [0.15, 0.2) is 10.2 Å². The number of aryl methyl sites for hydroxylation is 1. The van der Waals surface area contributed by atoms with Gasteiger partial charge in [-0.1, -0.05) is 11.3 Å². The molecule has 0 aromatic carbocycles. The third kappa shape index (κ3) is 4.39. The number of carbonyl (C=O) groups excluding carboxylic acids is 1. The molecule has 2 rings (SSSR count). The zero-order chi connectivity index (χ0) is 15.6. The van der Waals surface area contributed by atoms with Crippen molar-refractivity contribution < 1.29 is 13.2 Å². The zero-order valence-electron chi connectivity index (χ0n) is 12.0. The molecule has 1 amide bonds. The van der Waals surface area contributed by atoms with Gasteiger partial charge in [0.25, 0.3) is 0 Å². The number of sulfonamides is 1. The largest absolute Gasteiger partial charge is 0.341 e. The molecule has 118 valence electrons. The van der Waals surface area contributed by atoms with Crippen LogP contribution in [0, 0.1) is 6.92 Å². The number of nitrogens with one attached hydrogen (secondary N) is 1. The molecule has 7 nitrogen and oxygen atoms in total. The first-order valence-electron chi connectivity index (χ1n) is 6.66. The first-order chi connectivity index (χ1) is 9.76. The van der Waals surface area contributed by atoms with E-state index in [1.165, 1.54) is 4.57 Å². The highest BCUT2D eigenvalue weighted by molar-refractivity contribution is 7.88. The van der Waals surface area contributed by atoms with Gasteiger partial charge in [-0.05, 0) is 19.8 Å². The molecule has 1 fully saturated rings. The molecule has 1 aromatic heterocycles. The van der Waals surface area contributed by atoms with Crippen LogP contribution < -0.4 is 9.60 Å². The van der Waals surface area contributed by atoms with Gasteiger partial charge in [0, 0.05) is 30.2 Å². The van der Waals surface area contributed by atoms with Gasteiger partial charge in [0.2, 0.25) is 15.9 Å². The molecular formula is C12H19N3O4S2. The van der Waals surface area contributed by atoms with E-state index in [2.05, 4.69) is 4.72 Å². The minimum atomic E-state index is -3.21. The number of nitrogens with zero attached hydrogens (tertiary/aromatic N) is 2. The average Bonchev–Trinajstić information content (AvgIpc) is 2.69. The molecule has 1 saturated heterocycles. The van der Waals surface area contributed by atoms with Gasteiger partial charge in [0.05, 0.1) is 6.26 Å². The van der Waals surface area contributed by atoms with Crippen LogP contribution in [-0.4, -0.2) is 49.2 Å². The summed E-state index contributed by atoms with van der Waals surface area (Å²) >= 11 is 1.09. The number of amides is 1. The van der Waals surface area contributed by atoms with Gasteiger partial charge < -0.3 is 4.90 Å². The molecule has 1 aliphatic rings. The smallest absolute Gasteiger partial charge is 0.307 e. The van der Waals surface area contributed by atoms with Crippen molar-refractivity contribution in [1.29, 1.82) is 0 Å². The van der Waals surface area contributed by atoms with Crippen LogP contribution in [0.3, 0.4) is 0 Å². The Morgan fingerprint density at radius 1 is 1.43 bits per heavy atom. The van der Waals surface area contributed by atoms with Crippen molar-refractivity contribution in [2.45, 2.75) is 32.4 Å². The fraction of sp³-hybridized carbons (Fsp3) is 0.667. The van der Waals surface area contributed by atoms with Gasteiger partial charge in [-0.15, -0.1) is 0 Å². The van der Waals surface area contributed by atoms with Gasteiger partial charge in [-0.2, -0.15) is 0 Å². The number of hydrogen-bond acceptors (Lipinski definition) is 5. The third-order valence-electron chi connectivity index (χ3n) is 3.50. The van der Waals surface area contributed by atoms with E-state index in [4.69, 9.17) is 0 Å². The highest BCUT2D eigenvalue weighted by Crippen LogP contribution is 2.12. The quantitative estimate of drug-likeness (QED) is 0.823. The van der Waals surface area contributed by atoms with Crippen LogP contribution in [0.1, 0.15) is 18.5 Å². The van der Waals surface area contributed by atoms with Gasteiger partial charge in [-0.25, -0.2) is 13.1 Å². The Hall–Kier alpha value is -1.19. The summed E-state index contributed by atoms with van der Waals surface area (Å²) in [7, 11) is -3.21. The summed E-state index contributed by atoms with van der Waals surface area (Å²) < 4.78 is 26.4. The number of carbonyl (C=O) groups is 1. The number of aromatic nitrogens is 1. The molecule has 0 unspecified atom stereocenters. The summed E-state index contributed by atoms with van der Waals surface area (Å²) in [4.78, 5) is 25.3. The molecule has 0 radical (unpaired) electrons. The van der Waals surface area contributed by atoms with Crippen molar-refractivity contribution >= 4 is 27.3 Å². The molecule has 0 aliphatic carbocycles. The lowest BCUT2D eigenvalue weighted by molar-refractivity contribution is -0.132. The summed E-state index contributed by atoms with van der Waals surface area (Å²) in [6.45, 7) is 2.86. The number of thiazole rings is 1. The highest BCUT2D eigenvalue weighted by atomic mass is 32.2. The van der Waals surface area contributed by atoms with Crippen molar-refractivity contribution in [2.75, 3.05) is 19.3 Å². The summed E-state index contributed by atoms with van der Waals surface area (Å²) in [5.74, 6) is -0.101. The fourth-order valence-corrected chi connectivity index (χ4v) is 3.96. The normalized spacial score (nSPS) is 17.1. The van der Waals surface area contributed by atoms with Gasteiger partial charge in [-0.3, -0.25) is 14.2 Å². The van der Waals surface area contributed by atoms with Gasteiger partial charge >= 0.3 is 4.87 Å². The molecule has 1 N–H and O–H groups in total. The van der Waals surface area contributed by atoms with Gasteiger partial charge in [0.15, 0.2) is 0 Å². The summed E-state index contributed by atoms with van der Waals surface area (Å²) in [6, 6.07) is -0.116. The number of hydrogen-bond donors (Lipinski definition) is 1. The van der Waals surface area contributed by atoms with E-state index in [0.29, 0.717) is 25.9 Å². The van der Waals surface area contributed by atoms with Crippen LogP contribution in [0.25, 0.3) is 0 Å². The molecule has 0 atom stereocenters. The lowest BCUT2D eigenvalue weighted by Gasteiger charge is -2.32. The maximum atomic E-state index is 12.2. The maximum Gasteiger partial charge on any atom is 0.307 e. The molecule has 21 heavy (non-hydrogen) atoms. The lowest BCUT2D eigenvalue weighted by atomic mass is 10.1.